The summed E-state index contributed by atoms with van der Waals surface area (Å²) >= 11 is 0. The Kier molecular flexibility index (Phi) is 5.45. The van der Waals surface area contributed by atoms with Crippen molar-refractivity contribution in [2.24, 2.45) is 5.10 Å². The van der Waals surface area contributed by atoms with Crippen LogP contribution < -0.4 is 10.2 Å². The molecule has 24 heavy (non-hydrogen) atoms. The van der Waals surface area contributed by atoms with Crippen molar-refractivity contribution in [3.05, 3.63) is 64.0 Å². The molecular weight excluding hydrogens is 326 g/mol. The van der Waals surface area contributed by atoms with E-state index in [1.807, 2.05) is 0 Å². The Morgan fingerprint density at radius 1 is 1.33 bits per heavy atom. The Morgan fingerprint density at radius 2 is 2.04 bits per heavy atom. The quantitative estimate of drug-likeness (QED) is 0.495. The second kappa shape index (κ2) is 7.72. The number of non-ortho nitro benzene ring substituents is 1. The fraction of sp³-hybridized carbons (Fsp3) is 0.0714. The molecule has 1 amide bonds. The van der Waals surface area contributed by atoms with Gasteiger partial charge >= 0.3 is 6.61 Å². The molecule has 0 unspecified atom stereocenters. The van der Waals surface area contributed by atoms with E-state index in [0.717, 1.165) is 24.4 Å². The molecule has 2 aromatic rings. The molecular formula is C14H10F2N4O4. The normalized spacial score (nSPS) is 10.8. The molecule has 8 nitrogen and oxygen atoms in total. The first kappa shape index (κ1) is 16.9. The summed E-state index contributed by atoms with van der Waals surface area (Å²) in [6.45, 7) is -3.11. The highest BCUT2D eigenvalue weighted by atomic mass is 19.3. The fourth-order valence-corrected chi connectivity index (χ4v) is 1.68. The van der Waals surface area contributed by atoms with Crippen LogP contribution in [0.2, 0.25) is 0 Å². The van der Waals surface area contributed by atoms with Gasteiger partial charge in [-0.15, -0.1) is 0 Å². The first-order chi connectivity index (χ1) is 11.5. The average molecular weight is 336 g/mol. The molecule has 0 radical (unpaired) electrons. The molecule has 0 saturated heterocycles. The molecule has 1 aromatic heterocycles. The predicted molar refractivity (Wildman–Crippen MR) is 79.0 cm³/mol. The number of pyridine rings is 1. The van der Waals surface area contributed by atoms with E-state index in [1.165, 1.54) is 24.5 Å². The van der Waals surface area contributed by atoms with Crippen molar-refractivity contribution in [1.29, 1.82) is 0 Å². The van der Waals surface area contributed by atoms with Crippen molar-refractivity contribution in [3.63, 3.8) is 0 Å². The first-order valence-corrected chi connectivity index (χ1v) is 6.44. The summed E-state index contributed by atoms with van der Waals surface area (Å²) in [7, 11) is 0. The second-order valence-corrected chi connectivity index (χ2v) is 4.29. The lowest BCUT2D eigenvalue weighted by Crippen LogP contribution is -2.17. The third kappa shape index (κ3) is 4.53. The van der Waals surface area contributed by atoms with E-state index in [4.69, 9.17) is 0 Å². The van der Waals surface area contributed by atoms with Gasteiger partial charge in [-0.1, -0.05) is 0 Å². The highest BCUT2D eigenvalue weighted by Crippen LogP contribution is 2.24. The number of rotatable bonds is 6. The largest absolute Gasteiger partial charge is 0.434 e. The number of alkyl halides is 2. The second-order valence-electron chi connectivity index (χ2n) is 4.29. The number of carbonyl (C=O) groups excluding carboxylic acids is 1. The molecule has 0 fully saturated rings. The minimum Gasteiger partial charge on any atom is -0.434 e. The van der Waals surface area contributed by atoms with E-state index in [2.05, 4.69) is 20.2 Å². The molecule has 0 atom stereocenters. The van der Waals surface area contributed by atoms with E-state index in [0.29, 0.717) is 0 Å². The maximum Gasteiger partial charge on any atom is 0.387 e. The number of hydrazone groups is 1. The van der Waals surface area contributed by atoms with E-state index in [9.17, 15) is 23.7 Å². The van der Waals surface area contributed by atoms with Gasteiger partial charge in [0.25, 0.3) is 11.6 Å². The lowest BCUT2D eigenvalue weighted by Gasteiger charge is -2.07. The third-order valence-electron chi connectivity index (χ3n) is 2.73. The number of amides is 1. The molecule has 10 heteroatoms. The molecule has 0 spiro atoms. The topological polar surface area (TPSA) is 107 Å². The summed E-state index contributed by atoms with van der Waals surface area (Å²) in [4.78, 5) is 25.6. The Bertz CT molecular complexity index is 769. The standard InChI is InChI=1S/C14H10F2N4O4/c15-14(16)24-12-2-1-11(20(22)23)7-10(12)8-18-19-13(21)9-3-5-17-6-4-9/h1-8,14H,(H,19,21)/b18-8+. The van der Waals surface area contributed by atoms with Crippen LogP contribution in [0.3, 0.4) is 0 Å². The van der Waals surface area contributed by atoms with Crippen LogP contribution >= 0.6 is 0 Å². The van der Waals surface area contributed by atoms with Crippen LogP contribution in [-0.4, -0.2) is 28.6 Å². The van der Waals surface area contributed by atoms with Crippen molar-refractivity contribution in [3.8, 4) is 5.75 Å². The van der Waals surface area contributed by atoms with E-state index >= 15 is 0 Å². The maximum atomic E-state index is 12.4. The molecule has 0 aliphatic rings. The molecule has 0 aliphatic heterocycles. The number of nitro benzene ring substituents is 1. The number of ether oxygens (including phenoxy) is 1. The minimum absolute atomic E-state index is 0.0838. The van der Waals surface area contributed by atoms with Crippen LogP contribution in [0.25, 0.3) is 0 Å². The highest BCUT2D eigenvalue weighted by molar-refractivity contribution is 5.95. The van der Waals surface area contributed by atoms with Gasteiger partial charge in [-0.05, 0) is 18.2 Å². The Labute approximate surface area is 133 Å². The molecule has 0 aliphatic carbocycles. The van der Waals surface area contributed by atoms with Crippen LogP contribution in [-0.2, 0) is 0 Å². The number of nitro groups is 1. The van der Waals surface area contributed by atoms with Crippen molar-refractivity contribution in [2.45, 2.75) is 6.61 Å². The monoisotopic (exact) mass is 336 g/mol. The Morgan fingerprint density at radius 3 is 2.67 bits per heavy atom. The highest BCUT2D eigenvalue weighted by Gasteiger charge is 2.14. The SMILES string of the molecule is O=C(N/N=C/c1cc([N+](=O)[O-])ccc1OC(F)F)c1ccncc1. The molecule has 1 heterocycles. The van der Waals surface area contributed by atoms with Gasteiger partial charge in [-0.2, -0.15) is 13.9 Å². The van der Waals surface area contributed by atoms with Gasteiger partial charge in [0.15, 0.2) is 0 Å². The molecule has 1 N–H and O–H groups in total. The summed E-state index contributed by atoms with van der Waals surface area (Å²) in [6.07, 6.45) is 3.80. The van der Waals surface area contributed by atoms with Crippen molar-refractivity contribution in [2.75, 3.05) is 0 Å². The van der Waals surface area contributed by atoms with Gasteiger partial charge in [0, 0.05) is 35.7 Å². The van der Waals surface area contributed by atoms with Crippen LogP contribution in [0.5, 0.6) is 5.75 Å². The lowest BCUT2D eigenvalue weighted by molar-refractivity contribution is -0.384. The van der Waals surface area contributed by atoms with Gasteiger partial charge in [0.2, 0.25) is 0 Å². The number of nitrogens with zero attached hydrogens (tertiary/aromatic N) is 3. The van der Waals surface area contributed by atoms with E-state index in [1.54, 1.807) is 0 Å². The minimum atomic E-state index is -3.11. The first-order valence-electron chi connectivity index (χ1n) is 6.44. The Balaban J connectivity index is 2.18. The summed E-state index contributed by atoms with van der Waals surface area (Å²) in [5, 5.41) is 14.3. The molecule has 1 aromatic carbocycles. The maximum absolute atomic E-state index is 12.4. The summed E-state index contributed by atoms with van der Waals surface area (Å²) in [5.41, 5.74) is 2.03. The molecule has 2 rings (SSSR count). The van der Waals surface area contributed by atoms with Crippen molar-refractivity contribution < 1.29 is 23.2 Å². The molecule has 124 valence electrons. The van der Waals surface area contributed by atoms with Gasteiger partial charge in [0.1, 0.15) is 5.75 Å². The summed E-state index contributed by atoms with van der Waals surface area (Å²) in [6, 6.07) is 5.94. The number of hydrogen-bond acceptors (Lipinski definition) is 6. The number of aromatic nitrogens is 1. The summed E-state index contributed by atoms with van der Waals surface area (Å²) < 4.78 is 29.0. The van der Waals surface area contributed by atoms with Crippen LogP contribution in [0, 0.1) is 10.1 Å². The molecule has 0 saturated carbocycles. The number of carbonyl (C=O) groups is 1. The number of hydrogen-bond donors (Lipinski definition) is 1. The van der Waals surface area contributed by atoms with Crippen molar-refractivity contribution in [1.82, 2.24) is 10.4 Å². The van der Waals surface area contributed by atoms with Gasteiger partial charge < -0.3 is 4.74 Å². The fourth-order valence-electron chi connectivity index (χ4n) is 1.68. The number of benzene rings is 1. The zero-order valence-electron chi connectivity index (χ0n) is 11.9. The smallest absolute Gasteiger partial charge is 0.387 e. The molecule has 0 bridgehead atoms. The third-order valence-corrected chi connectivity index (χ3v) is 2.73. The summed E-state index contributed by atoms with van der Waals surface area (Å²) in [5.74, 6) is -0.868. The van der Waals surface area contributed by atoms with E-state index in [-0.39, 0.29) is 22.6 Å². The van der Waals surface area contributed by atoms with Crippen molar-refractivity contribution >= 4 is 17.8 Å². The number of halogens is 2. The van der Waals surface area contributed by atoms with Crippen LogP contribution in [0.15, 0.2) is 47.8 Å². The Hall–Kier alpha value is -3.43. The predicted octanol–water partition coefficient (Wildman–Crippen LogP) is 2.36. The lowest BCUT2D eigenvalue weighted by atomic mass is 10.2. The van der Waals surface area contributed by atoms with Gasteiger partial charge in [-0.3, -0.25) is 19.9 Å². The van der Waals surface area contributed by atoms with E-state index < -0.39 is 17.4 Å². The van der Waals surface area contributed by atoms with Crippen LogP contribution in [0.1, 0.15) is 15.9 Å². The van der Waals surface area contributed by atoms with Crippen LogP contribution in [0.4, 0.5) is 14.5 Å². The van der Waals surface area contributed by atoms with Gasteiger partial charge in [0.05, 0.1) is 11.1 Å². The average Bonchev–Trinajstić information content (AvgIpc) is 2.56. The zero-order chi connectivity index (χ0) is 17.5. The number of nitrogens with one attached hydrogen (secondary N) is 1. The van der Waals surface area contributed by atoms with Gasteiger partial charge in [-0.25, -0.2) is 5.43 Å². The zero-order valence-corrected chi connectivity index (χ0v) is 11.9.